The van der Waals surface area contributed by atoms with Crippen LogP contribution in [0.1, 0.15) is 0 Å². The van der Waals surface area contributed by atoms with E-state index in [0.717, 1.165) is 55.0 Å². The molecule has 9 rings (SSSR count). The highest BCUT2D eigenvalue weighted by Gasteiger charge is 2.20. The summed E-state index contributed by atoms with van der Waals surface area (Å²) in [7, 11) is 0. The number of hydrogen-bond donors (Lipinski definition) is 0. The molecule has 2 aromatic heterocycles. The summed E-state index contributed by atoms with van der Waals surface area (Å²) in [5, 5.41) is 5.37. The highest BCUT2D eigenvalue weighted by Crippen LogP contribution is 2.43. The summed E-state index contributed by atoms with van der Waals surface area (Å²) in [4.78, 5) is 10.4. The van der Waals surface area contributed by atoms with Crippen LogP contribution in [0.2, 0.25) is 0 Å². The largest absolute Gasteiger partial charge is 0.455 e. The average molecular weight is 575 g/mol. The molecule has 0 aliphatic rings. The van der Waals surface area contributed by atoms with Crippen molar-refractivity contribution in [3.8, 4) is 44.9 Å². The maximum atomic E-state index is 6.62. The minimum atomic E-state index is 0.679. The van der Waals surface area contributed by atoms with Crippen LogP contribution in [0.4, 0.5) is 0 Å². The molecular formula is C42H26N2O. The van der Waals surface area contributed by atoms with Crippen molar-refractivity contribution in [2.45, 2.75) is 0 Å². The molecule has 3 nitrogen and oxygen atoms in total. The van der Waals surface area contributed by atoms with Crippen molar-refractivity contribution in [3.63, 3.8) is 0 Å². The summed E-state index contributed by atoms with van der Waals surface area (Å²) >= 11 is 0. The van der Waals surface area contributed by atoms with Crippen LogP contribution in [0.5, 0.6) is 0 Å². The molecule has 7 aromatic carbocycles. The fourth-order valence-corrected chi connectivity index (χ4v) is 6.56. The van der Waals surface area contributed by atoms with E-state index in [1.165, 1.54) is 27.6 Å². The monoisotopic (exact) mass is 574 g/mol. The van der Waals surface area contributed by atoms with Gasteiger partial charge in [-0.05, 0) is 45.8 Å². The molecule has 0 N–H and O–H groups in total. The van der Waals surface area contributed by atoms with Crippen molar-refractivity contribution in [2.24, 2.45) is 0 Å². The van der Waals surface area contributed by atoms with Gasteiger partial charge in [-0.3, -0.25) is 0 Å². The van der Waals surface area contributed by atoms with Gasteiger partial charge in [0.05, 0.1) is 11.2 Å². The third-order valence-electron chi connectivity index (χ3n) is 8.70. The highest BCUT2D eigenvalue weighted by atomic mass is 16.3. The smallest absolute Gasteiger partial charge is 0.161 e. The zero-order valence-corrected chi connectivity index (χ0v) is 24.3. The van der Waals surface area contributed by atoms with Crippen molar-refractivity contribution >= 4 is 43.6 Å². The number of fused-ring (bicyclic) bond motifs is 6. The Hall–Kier alpha value is -6.06. The Kier molecular flexibility index (Phi) is 5.82. The maximum Gasteiger partial charge on any atom is 0.161 e. The summed E-state index contributed by atoms with van der Waals surface area (Å²) in [6.45, 7) is 0. The Morgan fingerprint density at radius 1 is 0.400 bits per heavy atom. The molecule has 3 heteroatoms. The molecule has 0 bridgehead atoms. The first-order valence-electron chi connectivity index (χ1n) is 15.2. The van der Waals surface area contributed by atoms with E-state index in [1.54, 1.807) is 0 Å². The molecule has 45 heavy (non-hydrogen) atoms. The van der Waals surface area contributed by atoms with Crippen LogP contribution in [-0.2, 0) is 0 Å². The van der Waals surface area contributed by atoms with Crippen molar-refractivity contribution in [2.75, 3.05) is 0 Å². The molecule has 0 aliphatic carbocycles. The Morgan fingerprint density at radius 2 is 1.02 bits per heavy atom. The van der Waals surface area contributed by atoms with Crippen molar-refractivity contribution in [1.82, 2.24) is 9.97 Å². The first-order valence-corrected chi connectivity index (χ1v) is 15.2. The minimum absolute atomic E-state index is 0.679. The molecule has 210 valence electrons. The summed E-state index contributed by atoms with van der Waals surface area (Å²) in [6, 6.07) is 54.9. The second kappa shape index (κ2) is 10.3. The zero-order chi connectivity index (χ0) is 29.7. The molecular weight excluding hydrogens is 548 g/mol. The van der Waals surface area contributed by atoms with Gasteiger partial charge in [0.25, 0.3) is 0 Å². The van der Waals surface area contributed by atoms with E-state index in [2.05, 4.69) is 127 Å². The van der Waals surface area contributed by atoms with Crippen LogP contribution in [0, 0.1) is 0 Å². The summed E-state index contributed by atoms with van der Waals surface area (Å²) in [6.07, 6.45) is 0. The number of rotatable bonds is 4. The van der Waals surface area contributed by atoms with Gasteiger partial charge >= 0.3 is 0 Å². The second-order valence-corrected chi connectivity index (χ2v) is 11.3. The van der Waals surface area contributed by atoms with Crippen LogP contribution < -0.4 is 0 Å². The fraction of sp³-hybridized carbons (Fsp3) is 0. The highest BCUT2D eigenvalue weighted by molar-refractivity contribution is 6.22. The van der Waals surface area contributed by atoms with Crippen molar-refractivity contribution in [1.29, 1.82) is 0 Å². The fourth-order valence-electron chi connectivity index (χ4n) is 6.56. The van der Waals surface area contributed by atoms with E-state index in [9.17, 15) is 0 Å². The molecule has 0 amide bonds. The van der Waals surface area contributed by atoms with Crippen LogP contribution in [0.15, 0.2) is 162 Å². The Bertz CT molecular complexity index is 2510. The summed E-state index contributed by atoms with van der Waals surface area (Å²) in [5.74, 6) is 0.679. The van der Waals surface area contributed by atoms with Gasteiger partial charge in [-0.1, -0.05) is 140 Å². The van der Waals surface area contributed by atoms with Gasteiger partial charge in [-0.15, -0.1) is 0 Å². The zero-order valence-electron chi connectivity index (χ0n) is 24.3. The third kappa shape index (κ3) is 4.21. The quantitative estimate of drug-likeness (QED) is 0.210. The second-order valence-electron chi connectivity index (χ2n) is 11.3. The first-order chi connectivity index (χ1) is 22.3. The predicted molar refractivity (Wildman–Crippen MR) is 186 cm³/mol. The number of hydrogen-bond acceptors (Lipinski definition) is 3. The van der Waals surface area contributed by atoms with Crippen LogP contribution in [0.25, 0.3) is 88.5 Å². The van der Waals surface area contributed by atoms with Crippen LogP contribution in [0.3, 0.4) is 0 Å². The lowest BCUT2D eigenvalue weighted by Gasteiger charge is -2.11. The number of nitrogens with zero attached hydrogens (tertiary/aromatic N) is 2. The van der Waals surface area contributed by atoms with Gasteiger partial charge in [0.2, 0.25) is 0 Å². The first kappa shape index (κ1) is 25.4. The Morgan fingerprint density at radius 3 is 1.80 bits per heavy atom. The Labute approximate surface area is 260 Å². The lowest BCUT2D eigenvalue weighted by atomic mass is 9.94. The molecule has 0 fully saturated rings. The molecule has 0 atom stereocenters. The van der Waals surface area contributed by atoms with Gasteiger partial charge in [0, 0.05) is 32.7 Å². The van der Waals surface area contributed by atoms with Gasteiger partial charge in [-0.25, -0.2) is 9.97 Å². The van der Waals surface area contributed by atoms with Crippen LogP contribution in [-0.4, -0.2) is 9.97 Å². The Balaban J connectivity index is 1.29. The number of para-hydroxylation sites is 1. The standard InChI is InChI=1S/C42H26N2O/c1-3-12-27(13-4-1)28-22-24-30(25-23-28)40-33-18-9-10-20-37(33)43-42(44-40)34-19-11-21-38-39(34)36-26-35(29-14-5-2-6-15-29)31-16-7-8-17-32(31)41(36)45-38/h1-26H. The van der Waals surface area contributed by atoms with E-state index < -0.39 is 0 Å². The molecule has 0 saturated heterocycles. The predicted octanol–water partition coefficient (Wildman–Crippen LogP) is 11.4. The molecule has 0 radical (unpaired) electrons. The van der Waals surface area contributed by atoms with Gasteiger partial charge in [0.1, 0.15) is 11.2 Å². The SMILES string of the molecule is c1ccc(-c2ccc(-c3nc(-c4cccc5oc6c7ccccc7c(-c7ccccc7)cc6c45)nc4ccccc34)cc2)cc1. The normalized spacial score (nSPS) is 11.6. The average Bonchev–Trinajstić information content (AvgIpc) is 3.51. The van der Waals surface area contributed by atoms with E-state index in [1.807, 2.05) is 30.3 Å². The lowest BCUT2D eigenvalue weighted by molar-refractivity contribution is 0.673. The molecule has 9 aromatic rings. The summed E-state index contributed by atoms with van der Waals surface area (Å²) < 4.78 is 6.62. The molecule has 2 heterocycles. The molecule has 0 saturated carbocycles. The minimum Gasteiger partial charge on any atom is -0.455 e. The molecule has 0 aliphatic heterocycles. The van der Waals surface area contributed by atoms with E-state index in [4.69, 9.17) is 14.4 Å². The number of aromatic nitrogens is 2. The van der Waals surface area contributed by atoms with Gasteiger partial charge < -0.3 is 4.42 Å². The third-order valence-corrected chi connectivity index (χ3v) is 8.70. The van der Waals surface area contributed by atoms with E-state index in [0.29, 0.717) is 5.82 Å². The van der Waals surface area contributed by atoms with Crippen LogP contribution >= 0.6 is 0 Å². The topological polar surface area (TPSA) is 38.9 Å². The van der Waals surface area contributed by atoms with Gasteiger partial charge in [0.15, 0.2) is 5.82 Å². The maximum absolute atomic E-state index is 6.62. The molecule has 0 spiro atoms. The van der Waals surface area contributed by atoms with E-state index in [-0.39, 0.29) is 0 Å². The number of furan rings is 1. The van der Waals surface area contributed by atoms with E-state index >= 15 is 0 Å². The molecule has 0 unspecified atom stereocenters. The lowest BCUT2D eigenvalue weighted by Crippen LogP contribution is -1.95. The number of benzene rings is 7. The van der Waals surface area contributed by atoms with Crippen molar-refractivity contribution < 1.29 is 4.42 Å². The van der Waals surface area contributed by atoms with Gasteiger partial charge in [-0.2, -0.15) is 0 Å². The van der Waals surface area contributed by atoms with Crippen molar-refractivity contribution in [3.05, 3.63) is 158 Å². The summed E-state index contributed by atoms with van der Waals surface area (Å²) in [5.41, 5.74) is 10.2.